The van der Waals surface area contributed by atoms with Crippen LogP contribution in [0.3, 0.4) is 0 Å². The standard InChI is InChI=1S/C22H16ClN3O3S/c1-11(2)12-3-5-13(6-4-12)18-17-19(27)15-9-14(23)7-8-16(15)29-20(17)21(28)26(18)22-25-24-10-30-22/h3-11,18H,1-2H3/t18-/m1/s1. The van der Waals surface area contributed by atoms with Crippen LogP contribution in [0.25, 0.3) is 11.0 Å². The molecule has 0 aliphatic carbocycles. The number of anilines is 1. The molecule has 0 N–H and O–H groups in total. The second-order valence-electron chi connectivity index (χ2n) is 7.43. The van der Waals surface area contributed by atoms with E-state index < -0.39 is 11.9 Å². The van der Waals surface area contributed by atoms with E-state index in [1.807, 2.05) is 24.3 Å². The summed E-state index contributed by atoms with van der Waals surface area (Å²) in [5.41, 5.74) is 3.87. The highest BCUT2D eigenvalue weighted by atomic mass is 35.5. The lowest BCUT2D eigenvalue weighted by molar-refractivity contribution is 0.0970. The minimum absolute atomic E-state index is 0.0305. The minimum Gasteiger partial charge on any atom is -0.450 e. The molecule has 2 aromatic carbocycles. The Morgan fingerprint density at radius 1 is 1.13 bits per heavy atom. The van der Waals surface area contributed by atoms with Crippen LogP contribution in [0.2, 0.25) is 5.02 Å². The first-order valence-corrected chi connectivity index (χ1v) is 10.7. The lowest BCUT2D eigenvalue weighted by atomic mass is 9.95. The molecule has 0 fully saturated rings. The van der Waals surface area contributed by atoms with Crippen LogP contribution in [-0.4, -0.2) is 16.1 Å². The van der Waals surface area contributed by atoms with Crippen molar-refractivity contribution in [2.75, 3.05) is 4.90 Å². The third-order valence-corrected chi connectivity index (χ3v) is 6.23. The quantitative estimate of drug-likeness (QED) is 0.442. The van der Waals surface area contributed by atoms with Crippen LogP contribution in [0, 0.1) is 0 Å². The van der Waals surface area contributed by atoms with Gasteiger partial charge < -0.3 is 4.42 Å². The highest BCUT2D eigenvalue weighted by Gasteiger charge is 2.44. The maximum atomic E-state index is 13.5. The Hall–Kier alpha value is -3.03. The number of amides is 1. The van der Waals surface area contributed by atoms with Gasteiger partial charge in [-0.15, -0.1) is 10.2 Å². The van der Waals surface area contributed by atoms with Gasteiger partial charge in [0.05, 0.1) is 17.0 Å². The van der Waals surface area contributed by atoms with Crippen molar-refractivity contribution in [1.82, 2.24) is 10.2 Å². The maximum absolute atomic E-state index is 13.5. The summed E-state index contributed by atoms with van der Waals surface area (Å²) in [6.07, 6.45) is 0. The molecule has 4 aromatic rings. The molecule has 5 rings (SSSR count). The molecule has 1 aliphatic heterocycles. The second kappa shape index (κ2) is 7.04. The predicted octanol–water partition coefficient (Wildman–Crippen LogP) is 5.17. The van der Waals surface area contributed by atoms with Gasteiger partial charge in [0.25, 0.3) is 5.91 Å². The van der Waals surface area contributed by atoms with E-state index in [2.05, 4.69) is 24.0 Å². The number of fused-ring (bicyclic) bond motifs is 2. The minimum atomic E-state index is -0.652. The zero-order valence-corrected chi connectivity index (χ0v) is 17.7. The van der Waals surface area contributed by atoms with Crippen molar-refractivity contribution in [3.63, 3.8) is 0 Å². The fourth-order valence-corrected chi connectivity index (χ4v) is 4.55. The van der Waals surface area contributed by atoms with Crippen molar-refractivity contribution >= 4 is 44.9 Å². The van der Waals surface area contributed by atoms with E-state index in [0.717, 1.165) is 5.56 Å². The van der Waals surface area contributed by atoms with Gasteiger partial charge in [0.1, 0.15) is 11.1 Å². The Kier molecular flexibility index (Phi) is 4.45. The summed E-state index contributed by atoms with van der Waals surface area (Å²) < 4.78 is 5.90. The summed E-state index contributed by atoms with van der Waals surface area (Å²) in [5, 5.41) is 9.12. The van der Waals surface area contributed by atoms with Crippen molar-refractivity contribution in [2.45, 2.75) is 25.8 Å². The van der Waals surface area contributed by atoms with E-state index in [-0.39, 0.29) is 11.2 Å². The monoisotopic (exact) mass is 437 g/mol. The number of rotatable bonds is 3. The van der Waals surface area contributed by atoms with Crippen LogP contribution < -0.4 is 10.3 Å². The van der Waals surface area contributed by atoms with Gasteiger partial charge in [0, 0.05) is 5.02 Å². The van der Waals surface area contributed by atoms with Crippen LogP contribution in [0.5, 0.6) is 0 Å². The molecular weight excluding hydrogens is 422 g/mol. The largest absolute Gasteiger partial charge is 0.450 e. The Morgan fingerprint density at radius 3 is 2.57 bits per heavy atom. The van der Waals surface area contributed by atoms with E-state index in [1.54, 1.807) is 23.7 Å². The van der Waals surface area contributed by atoms with Crippen LogP contribution in [0.1, 0.15) is 53.1 Å². The molecule has 8 heteroatoms. The molecule has 6 nitrogen and oxygen atoms in total. The zero-order valence-electron chi connectivity index (χ0n) is 16.1. The number of carbonyl (C=O) groups is 1. The van der Waals surface area contributed by atoms with Crippen molar-refractivity contribution in [3.8, 4) is 0 Å². The summed E-state index contributed by atoms with van der Waals surface area (Å²) in [6.45, 7) is 4.23. The maximum Gasteiger partial charge on any atom is 0.297 e. The zero-order chi connectivity index (χ0) is 21.0. The van der Waals surface area contributed by atoms with E-state index in [4.69, 9.17) is 16.0 Å². The number of hydrogen-bond acceptors (Lipinski definition) is 6. The normalized spacial score (nSPS) is 15.9. The SMILES string of the molecule is CC(C)c1ccc([C@@H]2c3c(oc4ccc(Cl)cc4c3=O)C(=O)N2c2nncs2)cc1. The van der Waals surface area contributed by atoms with Gasteiger partial charge in [-0.1, -0.05) is 61.1 Å². The smallest absolute Gasteiger partial charge is 0.297 e. The number of benzene rings is 2. The van der Waals surface area contributed by atoms with Gasteiger partial charge in [-0.2, -0.15) is 0 Å². The first kappa shape index (κ1) is 19.0. The van der Waals surface area contributed by atoms with Crippen LogP contribution >= 0.6 is 22.9 Å². The van der Waals surface area contributed by atoms with Gasteiger partial charge in [-0.3, -0.25) is 14.5 Å². The molecule has 0 bridgehead atoms. The average molecular weight is 438 g/mol. The number of aromatic nitrogens is 2. The topological polar surface area (TPSA) is 76.3 Å². The van der Waals surface area contributed by atoms with Gasteiger partial charge >= 0.3 is 0 Å². The summed E-state index contributed by atoms with van der Waals surface area (Å²) >= 11 is 7.34. The summed E-state index contributed by atoms with van der Waals surface area (Å²) in [6, 6.07) is 12.1. The van der Waals surface area contributed by atoms with E-state index in [0.29, 0.717) is 32.6 Å². The highest BCUT2D eigenvalue weighted by Crippen LogP contribution is 2.41. The molecule has 2 aromatic heterocycles. The molecule has 0 saturated carbocycles. The van der Waals surface area contributed by atoms with E-state index in [9.17, 15) is 9.59 Å². The predicted molar refractivity (Wildman–Crippen MR) is 117 cm³/mol. The van der Waals surface area contributed by atoms with Crippen LogP contribution in [0.4, 0.5) is 5.13 Å². The number of hydrogen-bond donors (Lipinski definition) is 0. The summed E-state index contributed by atoms with van der Waals surface area (Å²) in [7, 11) is 0. The molecule has 30 heavy (non-hydrogen) atoms. The van der Waals surface area contributed by atoms with Crippen molar-refractivity contribution in [1.29, 1.82) is 0 Å². The molecule has 3 heterocycles. The molecule has 0 saturated heterocycles. The van der Waals surface area contributed by atoms with E-state index >= 15 is 0 Å². The first-order chi connectivity index (χ1) is 14.5. The highest BCUT2D eigenvalue weighted by molar-refractivity contribution is 7.13. The second-order valence-corrected chi connectivity index (χ2v) is 8.68. The molecular formula is C22H16ClN3O3S. The average Bonchev–Trinajstić information content (AvgIpc) is 3.35. The van der Waals surface area contributed by atoms with E-state index in [1.165, 1.54) is 21.8 Å². The fourth-order valence-electron chi connectivity index (χ4n) is 3.79. The lowest BCUT2D eigenvalue weighted by Gasteiger charge is -2.22. The first-order valence-electron chi connectivity index (χ1n) is 9.41. The number of carbonyl (C=O) groups excluding carboxylic acids is 1. The number of halogens is 1. The molecule has 1 atom stereocenters. The van der Waals surface area contributed by atoms with Crippen LogP contribution in [-0.2, 0) is 0 Å². The van der Waals surface area contributed by atoms with Gasteiger partial charge in [-0.25, -0.2) is 0 Å². The summed E-state index contributed by atoms with van der Waals surface area (Å²) in [4.78, 5) is 28.3. The van der Waals surface area contributed by atoms with Crippen molar-refractivity contribution in [3.05, 3.63) is 85.7 Å². The molecule has 1 aliphatic rings. The fraction of sp³-hybridized carbons (Fsp3) is 0.182. The third kappa shape index (κ3) is 2.85. The molecule has 0 unspecified atom stereocenters. The van der Waals surface area contributed by atoms with Crippen LogP contribution in [0.15, 0.2) is 57.2 Å². The molecule has 1 amide bonds. The Morgan fingerprint density at radius 2 is 1.90 bits per heavy atom. The third-order valence-electron chi connectivity index (χ3n) is 5.31. The molecule has 0 spiro atoms. The van der Waals surface area contributed by atoms with Gasteiger partial charge in [-0.05, 0) is 35.2 Å². The van der Waals surface area contributed by atoms with Crippen molar-refractivity contribution in [2.24, 2.45) is 0 Å². The van der Waals surface area contributed by atoms with Gasteiger partial charge in [0.15, 0.2) is 5.43 Å². The number of nitrogens with zero attached hydrogens (tertiary/aromatic N) is 3. The molecule has 150 valence electrons. The van der Waals surface area contributed by atoms with Gasteiger partial charge in [0.2, 0.25) is 10.9 Å². The molecule has 0 radical (unpaired) electrons. The summed E-state index contributed by atoms with van der Waals surface area (Å²) in [5.74, 6) is -0.0106. The van der Waals surface area contributed by atoms with Crippen molar-refractivity contribution < 1.29 is 9.21 Å². The lowest BCUT2D eigenvalue weighted by Crippen LogP contribution is -2.29. The Bertz CT molecular complexity index is 1330. The Labute approximate surface area is 180 Å². The Balaban J connectivity index is 1.78.